The van der Waals surface area contributed by atoms with Gasteiger partial charge < -0.3 is 0 Å². The van der Waals surface area contributed by atoms with Crippen molar-refractivity contribution in [2.24, 2.45) is 0 Å². The second-order valence-corrected chi connectivity index (χ2v) is 20.6. The minimum Gasteiger partial charge on any atom is -0.210 e. The van der Waals surface area contributed by atoms with Crippen LogP contribution < -0.4 is 31.8 Å². The Balaban J connectivity index is 0.000000196. The van der Waals surface area contributed by atoms with E-state index >= 15 is 0 Å². The topological polar surface area (TPSA) is 23.8 Å². The van der Waals surface area contributed by atoms with E-state index in [4.69, 9.17) is 22.9 Å². The first kappa shape index (κ1) is 33.4. The fourth-order valence-electron chi connectivity index (χ4n) is 4.50. The van der Waals surface area contributed by atoms with E-state index < -0.39 is 30.2 Å². The molecular formula is C34H30Cl2FeNP2Re. The SMILES string of the molecule is [Fe].[N]#[Re]([Cl])[Cl].c1ccc([PH+](c2ccccc2)[c-]2cccc2)cc1.c1ccc([PH+](c2ccccc2)[c-]2cccc2)cc1. The van der Waals surface area contributed by atoms with Crippen molar-refractivity contribution >= 4 is 66.7 Å². The molecule has 0 aliphatic rings. The van der Waals surface area contributed by atoms with E-state index in [9.17, 15) is 0 Å². The van der Waals surface area contributed by atoms with E-state index in [1.807, 2.05) is 0 Å². The van der Waals surface area contributed by atoms with Crippen LogP contribution in [0, 0.1) is 3.80 Å². The molecule has 0 saturated carbocycles. The Morgan fingerprint density at radius 1 is 0.415 bits per heavy atom. The smallest absolute Gasteiger partial charge is 0.0908 e. The molecule has 0 spiro atoms. The van der Waals surface area contributed by atoms with Gasteiger partial charge in [-0.2, -0.15) is 0 Å². The van der Waals surface area contributed by atoms with Gasteiger partial charge in [-0.3, -0.25) is 0 Å². The molecule has 0 aliphatic heterocycles. The summed E-state index contributed by atoms with van der Waals surface area (Å²) >= 11 is -2.52. The van der Waals surface area contributed by atoms with Gasteiger partial charge in [-0.25, -0.2) is 24.3 Å². The van der Waals surface area contributed by atoms with Crippen LogP contribution in [0.2, 0.25) is 0 Å². The minimum absolute atomic E-state index is 0. The second kappa shape index (κ2) is 18.5. The van der Waals surface area contributed by atoms with Gasteiger partial charge >= 0.3 is 37.2 Å². The minimum atomic E-state index is -2.52. The summed E-state index contributed by atoms with van der Waals surface area (Å²) in [7, 11) is 7.89. The molecule has 7 heteroatoms. The first-order valence-electron chi connectivity index (χ1n) is 12.8. The van der Waals surface area contributed by atoms with Gasteiger partial charge in [-0.05, 0) is 59.1 Å². The van der Waals surface area contributed by atoms with E-state index in [0.29, 0.717) is 0 Å². The normalized spacial score (nSPS) is 10.2. The summed E-state index contributed by atoms with van der Waals surface area (Å²) in [5.74, 6) is 0. The van der Waals surface area contributed by atoms with Crippen LogP contribution in [0.15, 0.2) is 170 Å². The quantitative estimate of drug-likeness (QED) is 0.0993. The Bertz CT molecular complexity index is 1380. The molecule has 6 aromatic rings. The summed E-state index contributed by atoms with van der Waals surface area (Å²) in [5.41, 5.74) is 0. The Morgan fingerprint density at radius 3 is 0.805 bits per heavy atom. The van der Waals surface area contributed by atoms with Gasteiger partial charge in [0.05, 0.1) is 21.2 Å². The molecule has 6 aromatic carbocycles. The number of nitrogens with zero attached hydrogens (tertiary/aromatic N) is 1. The predicted molar refractivity (Wildman–Crippen MR) is 178 cm³/mol. The molecule has 0 bridgehead atoms. The number of hydrogen-bond acceptors (Lipinski definition) is 1. The maximum atomic E-state index is 7.77. The van der Waals surface area contributed by atoms with Crippen LogP contribution in [-0.2, 0) is 31.4 Å². The van der Waals surface area contributed by atoms with Gasteiger partial charge in [0.2, 0.25) is 0 Å². The van der Waals surface area contributed by atoms with Gasteiger partial charge in [0.1, 0.15) is 0 Å². The van der Waals surface area contributed by atoms with Crippen LogP contribution >= 0.6 is 34.9 Å². The van der Waals surface area contributed by atoms with E-state index in [-0.39, 0.29) is 17.1 Å². The number of hydrogen-bond donors (Lipinski definition) is 0. The standard InChI is InChI=1S/2C17H15P.2ClH.Fe.N.Re/c2*1-3-9-15(10-4-1)18(17-13-7-8-14-17)16-11-5-2-6-12-16;;;;;/h2*1-14,18H;2*1H;;;/q;;;;;;+2/p-2. The molecule has 0 N–H and O–H groups in total. The van der Waals surface area contributed by atoms with Gasteiger partial charge in [0, 0.05) is 32.9 Å². The Kier molecular flexibility index (Phi) is 15.0. The third kappa shape index (κ3) is 10.6. The summed E-state index contributed by atoms with van der Waals surface area (Å²) < 4.78 is 7.77. The zero-order chi connectivity index (χ0) is 28.0. The van der Waals surface area contributed by atoms with Crippen molar-refractivity contribution in [3.8, 4) is 0 Å². The Labute approximate surface area is 269 Å². The Hall–Kier alpha value is -2.09. The maximum absolute atomic E-state index is 7.77. The van der Waals surface area contributed by atoms with Gasteiger partial charge in [-0.1, -0.05) is 72.8 Å². The fourth-order valence-corrected chi connectivity index (χ4v) is 9.66. The molecule has 0 aliphatic carbocycles. The first-order chi connectivity index (χ1) is 19.6. The van der Waals surface area contributed by atoms with Crippen LogP contribution in [0.4, 0.5) is 0 Å². The van der Waals surface area contributed by atoms with E-state index in [0.717, 1.165) is 0 Å². The third-order valence-electron chi connectivity index (χ3n) is 6.15. The molecule has 0 atom stereocenters. The van der Waals surface area contributed by atoms with Crippen molar-refractivity contribution in [2.75, 3.05) is 0 Å². The fraction of sp³-hybridized carbons (Fsp3) is 0. The molecule has 6 rings (SSSR count). The largest absolute Gasteiger partial charge is 0.210 e. The monoisotopic (exact) mass is 827 g/mol. The second-order valence-electron chi connectivity index (χ2n) is 8.74. The molecule has 210 valence electrons. The summed E-state index contributed by atoms with van der Waals surface area (Å²) in [5, 5.41) is 8.69. The van der Waals surface area contributed by atoms with Crippen molar-refractivity contribution in [2.45, 2.75) is 0 Å². The van der Waals surface area contributed by atoms with Crippen LogP contribution in [0.3, 0.4) is 0 Å². The van der Waals surface area contributed by atoms with Crippen LogP contribution in [0.5, 0.6) is 0 Å². The number of halogens is 2. The summed E-state index contributed by atoms with van der Waals surface area (Å²) in [6, 6.07) is 60.8. The van der Waals surface area contributed by atoms with Crippen LogP contribution in [-0.4, -0.2) is 0 Å². The van der Waals surface area contributed by atoms with Gasteiger partial charge in [-0.15, -0.1) is 24.3 Å². The first-order valence-corrected chi connectivity index (χ1v) is 23.7. The van der Waals surface area contributed by atoms with Gasteiger partial charge in [0.15, 0.2) is 0 Å². The van der Waals surface area contributed by atoms with Crippen molar-refractivity contribution in [1.82, 2.24) is 0 Å². The molecule has 0 aromatic heterocycles. The zero-order valence-electron chi connectivity index (χ0n) is 22.1. The van der Waals surface area contributed by atoms with E-state index in [1.165, 1.54) is 31.8 Å². The number of rotatable bonds is 6. The summed E-state index contributed by atoms with van der Waals surface area (Å²) in [6.45, 7) is 0. The molecular weight excluding hydrogens is 797 g/mol. The summed E-state index contributed by atoms with van der Waals surface area (Å²) in [4.78, 5) is 0. The van der Waals surface area contributed by atoms with E-state index in [2.05, 4.69) is 170 Å². The molecule has 0 radical (unpaired) electrons. The predicted octanol–water partition coefficient (Wildman–Crippen LogP) is 7.18. The number of benzene rings is 4. The molecule has 41 heavy (non-hydrogen) atoms. The summed E-state index contributed by atoms with van der Waals surface area (Å²) in [6.07, 6.45) is 0. The van der Waals surface area contributed by atoms with Crippen molar-refractivity contribution in [3.05, 3.63) is 170 Å². The molecule has 0 unspecified atom stereocenters. The molecule has 0 amide bonds. The Morgan fingerprint density at radius 2 is 0.610 bits per heavy atom. The van der Waals surface area contributed by atoms with Gasteiger partial charge in [0.25, 0.3) is 0 Å². The van der Waals surface area contributed by atoms with Crippen molar-refractivity contribution < 1.29 is 31.4 Å². The maximum Gasteiger partial charge on any atom is 0.0908 e. The molecule has 0 fully saturated rings. The van der Waals surface area contributed by atoms with Crippen molar-refractivity contribution in [1.29, 1.82) is 3.80 Å². The van der Waals surface area contributed by atoms with Crippen LogP contribution in [0.25, 0.3) is 0 Å². The van der Waals surface area contributed by atoms with E-state index in [1.54, 1.807) is 0 Å². The van der Waals surface area contributed by atoms with Crippen molar-refractivity contribution in [3.63, 3.8) is 0 Å². The molecule has 0 saturated heterocycles. The third-order valence-corrected chi connectivity index (χ3v) is 11.6. The zero-order valence-corrected chi connectivity index (χ0v) is 29.4. The molecule has 0 heterocycles. The van der Waals surface area contributed by atoms with Crippen LogP contribution in [0.1, 0.15) is 0 Å². The average molecular weight is 828 g/mol. The average Bonchev–Trinajstić information content (AvgIpc) is 3.72. The molecule has 1 nitrogen and oxygen atoms in total.